The summed E-state index contributed by atoms with van der Waals surface area (Å²) in [4.78, 5) is 18.2. The van der Waals surface area contributed by atoms with Gasteiger partial charge in [0.05, 0.1) is 7.11 Å². The molecule has 0 radical (unpaired) electrons. The van der Waals surface area contributed by atoms with Crippen molar-refractivity contribution in [3.05, 3.63) is 40.6 Å². The van der Waals surface area contributed by atoms with Gasteiger partial charge in [-0.3, -0.25) is 8.98 Å². The van der Waals surface area contributed by atoms with Crippen molar-refractivity contribution in [3.63, 3.8) is 0 Å². The van der Waals surface area contributed by atoms with Crippen molar-refractivity contribution in [3.8, 4) is 11.4 Å². The molecule has 0 saturated carbocycles. The molecule has 0 bridgehead atoms. The first-order chi connectivity index (χ1) is 9.89. The first-order valence-corrected chi connectivity index (χ1v) is 7.70. The summed E-state index contributed by atoms with van der Waals surface area (Å²) in [5, 5.41) is 4.09. The standard InChI is InChI=1S/C12H14N4O4S/c1-9-7-11(17)15-12(14-9)10-3-4-16(13-8-10)5-6-21(18,19)20-2/h3-4,7-8H,5-6H2,1-2H3/p+1. The number of aromatic amines is 1. The highest BCUT2D eigenvalue weighted by molar-refractivity contribution is 7.86. The summed E-state index contributed by atoms with van der Waals surface area (Å²) in [7, 11) is -2.39. The fourth-order valence-corrected chi connectivity index (χ4v) is 2.24. The van der Waals surface area contributed by atoms with Crippen LogP contribution in [0.15, 0.2) is 29.3 Å². The number of hydrogen-bond acceptors (Lipinski definition) is 6. The lowest BCUT2D eigenvalue weighted by atomic mass is 10.3. The van der Waals surface area contributed by atoms with E-state index in [1.54, 1.807) is 19.2 Å². The molecule has 0 aliphatic heterocycles. The molecule has 2 aromatic heterocycles. The van der Waals surface area contributed by atoms with Gasteiger partial charge in [0.2, 0.25) is 0 Å². The number of nitrogens with zero attached hydrogens (tertiary/aromatic N) is 3. The van der Waals surface area contributed by atoms with Crippen LogP contribution in [-0.2, 0) is 20.8 Å². The average Bonchev–Trinajstić information content (AvgIpc) is 2.45. The van der Waals surface area contributed by atoms with Crippen LogP contribution in [0.2, 0.25) is 0 Å². The van der Waals surface area contributed by atoms with Crippen LogP contribution in [0, 0.1) is 6.92 Å². The van der Waals surface area contributed by atoms with Crippen molar-refractivity contribution in [1.82, 2.24) is 15.1 Å². The summed E-state index contributed by atoms with van der Waals surface area (Å²) >= 11 is 0. The van der Waals surface area contributed by atoms with E-state index in [1.807, 2.05) is 0 Å². The lowest BCUT2D eigenvalue weighted by Gasteiger charge is -2.00. The van der Waals surface area contributed by atoms with E-state index in [0.717, 1.165) is 7.11 Å². The predicted molar refractivity (Wildman–Crippen MR) is 73.8 cm³/mol. The van der Waals surface area contributed by atoms with Gasteiger partial charge in [-0.15, -0.1) is 0 Å². The Morgan fingerprint density at radius 1 is 1.43 bits per heavy atom. The molecule has 2 aromatic rings. The van der Waals surface area contributed by atoms with Gasteiger partial charge in [0.1, 0.15) is 17.8 Å². The van der Waals surface area contributed by atoms with Crippen molar-refractivity contribution in [2.45, 2.75) is 13.5 Å². The van der Waals surface area contributed by atoms with Gasteiger partial charge in [0.15, 0.2) is 12.7 Å². The largest absolute Gasteiger partial charge is 0.306 e. The highest BCUT2D eigenvalue weighted by Crippen LogP contribution is 2.09. The Hall–Kier alpha value is -2.13. The maximum atomic E-state index is 11.4. The van der Waals surface area contributed by atoms with Crippen molar-refractivity contribution in [1.29, 1.82) is 0 Å². The van der Waals surface area contributed by atoms with E-state index in [-0.39, 0.29) is 17.9 Å². The molecule has 21 heavy (non-hydrogen) atoms. The fraction of sp³-hybridized carbons (Fsp3) is 0.333. The third-order valence-corrected chi connectivity index (χ3v) is 3.93. The maximum Gasteiger partial charge on any atom is 0.273 e. The summed E-state index contributed by atoms with van der Waals surface area (Å²) in [6.07, 6.45) is 3.12. The van der Waals surface area contributed by atoms with E-state index in [4.69, 9.17) is 0 Å². The molecule has 112 valence electrons. The molecule has 0 unspecified atom stereocenters. The van der Waals surface area contributed by atoms with E-state index in [2.05, 4.69) is 19.2 Å². The Kier molecular flexibility index (Phi) is 4.43. The Balaban J connectivity index is 2.17. The highest BCUT2D eigenvalue weighted by atomic mass is 32.2. The van der Waals surface area contributed by atoms with Crippen molar-refractivity contribution >= 4 is 10.1 Å². The zero-order valence-electron chi connectivity index (χ0n) is 11.6. The molecule has 0 saturated heterocycles. The molecule has 0 aliphatic rings. The number of aromatic nitrogens is 4. The molecule has 2 rings (SSSR count). The second kappa shape index (κ2) is 6.10. The van der Waals surface area contributed by atoms with Crippen molar-refractivity contribution in [2.75, 3.05) is 12.9 Å². The fourth-order valence-electron chi connectivity index (χ4n) is 1.66. The highest BCUT2D eigenvalue weighted by Gasteiger charge is 2.14. The second-order valence-corrected chi connectivity index (χ2v) is 6.20. The van der Waals surface area contributed by atoms with Crippen LogP contribution >= 0.6 is 0 Å². The normalized spacial score (nSPS) is 11.5. The zero-order chi connectivity index (χ0) is 15.5. The Labute approximate surface area is 121 Å². The van der Waals surface area contributed by atoms with Gasteiger partial charge in [0, 0.05) is 23.4 Å². The predicted octanol–water partition coefficient (Wildman–Crippen LogP) is -0.596. The number of nitrogens with one attached hydrogen (secondary N) is 1. The van der Waals surface area contributed by atoms with Crippen LogP contribution in [0.5, 0.6) is 0 Å². The average molecular weight is 311 g/mol. The van der Waals surface area contributed by atoms with Gasteiger partial charge in [-0.2, -0.15) is 8.42 Å². The van der Waals surface area contributed by atoms with Crippen LogP contribution < -0.4 is 10.2 Å². The van der Waals surface area contributed by atoms with Crippen LogP contribution in [0.4, 0.5) is 0 Å². The summed E-state index contributed by atoms with van der Waals surface area (Å²) in [6.45, 7) is 1.90. The lowest BCUT2D eigenvalue weighted by molar-refractivity contribution is -0.750. The minimum atomic E-state index is -3.51. The molecule has 0 fully saturated rings. The van der Waals surface area contributed by atoms with Gasteiger partial charge < -0.3 is 4.98 Å². The van der Waals surface area contributed by atoms with E-state index in [1.165, 1.54) is 16.9 Å². The van der Waals surface area contributed by atoms with Crippen LogP contribution in [-0.4, -0.2) is 36.3 Å². The van der Waals surface area contributed by atoms with Crippen LogP contribution in [0.3, 0.4) is 0 Å². The smallest absolute Gasteiger partial charge is 0.273 e. The van der Waals surface area contributed by atoms with Gasteiger partial charge in [-0.05, 0) is 12.0 Å². The van der Waals surface area contributed by atoms with Gasteiger partial charge >= 0.3 is 0 Å². The lowest BCUT2D eigenvalue weighted by Crippen LogP contribution is -2.40. The monoisotopic (exact) mass is 311 g/mol. The SMILES string of the molecule is COS(=O)(=O)CC[n+]1ccc(-c2nc(C)cc(=O)[nH]2)cn1. The second-order valence-electron chi connectivity index (χ2n) is 4.34. The zero-order valence-corrected chi connectivity index (χ0v) is 12.4. The Morgan fingerprint density at radius 3 is 2.76 bits per heavy atom. The third-order valence-electron chi connectivity index (χ3n) is 2.74. The number of rotatable bonds is 5. The van der Waals surface area contributed by atoms with E-state index < -0.39 is 10.1 Å². The van der Waals surface area contributed by atoms with Gasteiger partial charge in [-0.1, -0.05) is 4.68 Å². The van der Waals surface area contributed by atoms with Crippen molar-refractivity contribution < 1.29 is 17.3 Å². The molecule has 9 heteroatoms. The summed E-state index contributed by atoms with van der Waals surface area (Å²) in [6, 6.07) is 3.10. The molecule has 0 aliphatic carbocycles. The third kappa shape index (κ3) is 4.17. The topological polar surface area (TPSA) is 106 Å². The quantitative estimate of drug-likeness (QED) is 0.584. The molecular weight excluding hydrogens is 296 g/mol. The van der Waals surface area contributed by atoms with Gasteiger partial charge in [-0.25, -0.2) is 4.98 Å². The van der Waals surface area contributed by atoms with E-state index >= 15 is 0 Å². The molecule has 0 atom stereocenters. The minimum absolute atomic E-state index is 0.167. The number of H-pyrrole nitrogens is 1. The first kappa shape index (κ1) is 15.3. The summed E-state index contributed by atoms with van der Waals surface area (Å²) in [5.41, 5.74) is 1.01. The Bertz CT molecular complexity index is 784. The molecule has 0 spiro atoms. The summed E-state index contributed by atoms with van der Waals surface area (Å²) in [5.74, 6) is 0.254. The molecule has 2 heterocycles. The van der Waals surface area contributed by atoms with Gasteiger partial charge in [0.25, 0.3) is 15.7 Å². The Morgan fingerprint density at radius 2 is 2.19 bits per heavy atom. The minimum Gasteiger partial charge on any atom is -0.306 e. The number of hydrogen-bond donors (Lipinski definition) is 1. The first-order valence-electron chi connectivity index (χ1n) is 6.12. The van der Waals surface area contributed by atoms with Crippen LogP contribution in [0.25, 0.3) is 11.4 Å². The molecule has 0 amide bonds. The van der Waals surface area contributed by atoms with E-state index in [9.17, 15) is 13.2 Å². The van der Waals surface area contributed by atoms with Crippen molar-refractivity contribution in [2.24, 2.45) is 0 Å². The molecule has 8 nitrogen and oxygen atoms in total. The molecule has 1 N–H and O–H groups in total. The number of aryl methyl sites for hydroxylation is 2. The maximum absolute atomic E-state index is 11.4. The van der Waals surface area contributed by atoms with E-state index in [0.29, 0.717) is 17.1 Å². The molecular formula is C12H15N4O4S+. The van der Waals surface area contributed by atoms with Crippen LogP contribution in [0.1, 0.15) is 5.69 Å². The summed E-state index contributed by atoms with van der Waals surface area (Å²) < 4.78 is 28.3. The molecule has 0 aromatic carbocycles.